The molecule has 4 aliphatic rings. The van der Waals surface area contributed by atoms with Gasteiger partial charge in [-0.05, 0) is 54.6 Å². The zero-order valence-electron chi connectivity index (χ0n) is 15.1. The first-order valence-corrected chi connectivity index (χ1v) is 9.96. The van der Waals surface area contributed by atoms with E-state index in [-0.39, 0.29) is 18.0 Å². The van der Waals surface area contributed by atoms with Gasteiger partial charge < -0.3 is 9.64 Å². The van der Waals surface area contributed by atoms with E-state index >= 15 is 0 Å². The smallest absolute Gasteiger partial charge is 0.327 e. The Hall–Kier alpha value is -1.88. The minimum absolute atomic E-state index is 0.0215. The minimum atomic E-state index is -0.0709. The van der Waals surface area contributed by atoms with Crippen molar-refractivity contribution in [3.05, 3.63) is 35.4 Å². The van der Waals surface area contributed by atoms with Crippen LogP contribution in [0.25, 0.3) is 0 Å². The first kappa shape index (κ1) is 16.3. The summed E-state index contributed by atoms with van der Waals surface area (Å²) in [5.41, 5.74) is 2.50. The normalized spacial score (nSPS) is 31.6. The molecule has 3 fully saturated rings. The van der Waals surface area contributed by atoms with Crippen molar-refractivity contribution in [2.24, 2.45) is 17.8 Å². The predicted molar refractivity (Wildman–Crippen MR) is 96.3 cm³/mol. The third-order valence-corrected chi connectivity index (χ3v) is 6.81. The lowest BCUT2D eigenvalue weighted by atomic mass is 9.90. The molecule has 3 atom stereocenters. The molecule has 0 radical (unpaired) electrons. The van der Waals surface area contributed by atoms with E-state index in [1.54, 1.807) is 4.90 Å². The summed E-state index contributed by atoms with van der Waals surface area (Å²) in [6, 6.07) is 8.25. The molecule has 1 saturated carbocycles. The highest BCUT2D eigenvalue weighted by Gasteiger charge is 2.48. The number of urea groups is 1. The fraction of sp³-hybridized carbons (Fsp3) is 0.619. The first-order valence-electron chi connectivity index (χ1n) is 9.96. The second-order valence-electron chi connectivity index (χ2n) is 8.36. The number of carbonyl (C=O) groups excluding carboxylic acids is 2. The molecule has 0 unspecified atom stereocenters. The van der Waals surface area contributed by atoms with E-state index < -0.39 is 0 Å². The molecule has 1 aromatic carbocycles. The topological polar surface area (TPSA) is 49.9 Å². The average molecular weight is 354 g/mol. The van der Waals surface area contributed by atoms with Crippen LogP contribution in [0.1, 0.15) is 36.8 Å². The van der Waals surface area contributed by atoms with Crippen LogP contribution in [0.4, 0.5) is 4.79 Å². The van der Waals surface area contributed by atoms with E-state index in [4.69, 9.17) is 4.74 Å². The molecule has 138 valence electrons. The molecular weight excluding hydrogens is 328 g/mol. The van der Waals surface area contributed by atoms with Gasteiger partial charge in [0, 0.05) is 38.8 Å². The monoisotopic (exact) mass is 354 g/mol. The molecule has 5 nitrogen and oxygen atoms in total. The van der Waals surface area contributed by atoms with Crippen molar-refractivity contribution in [1.29, 1.82) is 0 Å². The van der Waals surface area contributed by atoms with Gasteiger partial charge in [-0.25, -0.2) is 4.79 Å². The Labute approximate surface area is 154 Å². The summed E-state index contributed by atoms with van der Waals surface area (Å²) in [6.45, 7) is 2.98. The van der Waals surface area contributed by atoms with Crippen LogP contribution in [-0.2, 0) is 22.5 Å². The minimum Gasteiger partial charge on any atom is -0.381 e. The molecule has 0 spiro atoms. The summed E-state index contributed by atoms with van der Waals surface area (Å²) in [4.78, 5) is 29.2. The van der Waals surface area contributed by atoms with Crippen LogP contribution in [0.15, 0.2) is 24.3 Å². The fourth-order valence-electron chi connectivity index (χ4n) is 5.18. The van der Waals surface area contributed by atoms with E-state index in [0.717, 1.165) is 44.8 Å². The van der Waals surface area contributed by atoms with Crippen molar-refractivity contribution in [1.82, 2.24) is 9.80 Å². The molecule has 1 aromatic rings. The van der Waals surface area contributed by atoms with Gasteiger partial charge in [-0.3, -0.25) is 9.69 Å². The third-order valence-electron chi connectivity index (χ3n) is 6.81. The number of nitrogens with zero attached hydrogens (tertiary/aromatic N) is 2. The number of benzene rings is 1. The molecule has 3 heterocycles. The van der Waals surface area contributed by atoms with E-state index in [1.165, 1.54) is 11.1 Å². The van der Waals surface area contributed by atoms with Crippen molar-refractivity contribution >= 4 is 11.9 Å². The lowest BCUT2D eigenvalue weighted by Gasteiger charge is -2.43. The van der Waals surface area contributed by atoms with E-state index in [0.29, 0.717) is 31.3 Å². The molecule has 0 N–H and O–H groups in total. The van der Waals surface area contributed by atoms with Gasteiger partial charge >= 0.3 is 6.03 Å². The van der Waals surface area contributed by atoms with E-state index in [1.807, 2.05) is 17.0 Å². The van der Waals surface area contributed by atoms with Crippen molar-refractivity contribution in [3.8, 4) is 0 Å². The van der Waals surface area contributed by atoms with E-state index in [2.05, 4.69) is 12.1 Å². The predicted octanol–water partition coefficient (Wildman–Crippen LogP) is 2.83. The van der Waals surface area contributed by atoms with Gasteiger partial charge in [0.1, 0.15) is 0 Å². The largest absolute Gasteiger partial charge is 0.381 e. The number of hydrogen-bond donors (Lipinski definition) is 0. The molecule has 3 aliphatic heterocycles. The highest BCUT2D eigenvalue weighted by atomic mass is 16.5. The van der Waals surface area contributed by atoms with Crippen molar-refractivity contribution < 1.29 is 14.3 Å². The van der Waals surface area contributed by atoms with Crippen LogP contribution < -0.4 is 0 Å². The Morgan fingerprint density at radius 2 is 1.81 bits per heavy atom. The van der Waals surface area contributed by atoms with E-state index in [9.17, 15) is 9.59 Å². The van der Waals surface area contributed by atoms with Gasteiger partial charge in [0.05, 0.1) is 0 Å². The van der Waals surface area contributed by atoms with Gasteiger partial charge in [-0.15, -0.1) is 0 Å². The standard InChI is InChI=1S/C21H26N2O3/c24-20-11-18-9-15-3-1-2-4-16(15)12-22(18)21(25)23(20)13-17-10-19(17)14-5-7-26-8-6-14/h1-4,14,17-19H,5-13H2/t17-,18-,19-/m0/s1. The van der Waals surface area contributed by atoms with Crippen LogP contribution in [0, 0.1) is 17.8 Å². The molecule has 1 aliphatic carbocycles. The van der Waals surface area contributed by atoms with Crippen molar-refractivity contribution in [2.45, 2.75) is 44.7 Å². The number of hydrogen-bond acceptors (Lipinski definition) is 3. The van der Waals surface area contributed by atoms with Crippen molar-refractivity contribution in [3.63, 3.8) is 0 Å². The number of rotatable bonds is 3. The average Bonchev–Trinajstić information content (AvgIpc) is 3.44. The summed E-state index contributed by atoms with van der Waals surface area (Å²) in [7, 11) is 0. The van der Waals surface area contributed by atoms with Crippen LogP contribution >= 0.6 is 0 Å². The van der Waals surface area contributed by atoms with Gasteiger partial charge in [-0.1, -0.05) is 24.3 Å². The lowest BCUT2D eigenvalue weighted by molar-refractivity contribution is -0.133. The molecule has 0 bridgehead atoms. The Morgan fingerprint density at radius 3 is 2.62 bits per heavy atom. The Bertz CT molecular complexity index is 728. The second-order valence-corrected chi connectivity index (χ2v) is 8.36. The number of fused-ring (bicyclic) bond motifs is 2. The molecule has 5 heteroatoms. The molecule has 2 saturated heterocycles. The van der Waals surface area contributed by atoms with Gasteiger partial charge in [-0.2, -0.15) is 0 Å². The number of imide groups is 1. The highest BCUT2D eigenvalue weighted by molar-refractivity contribution is 5.97. The molecule has 3 amide bonds. The van der Waals surface area contributed by atoms with Crippen LogP contribution in [0.2, 0.25) is 0 Å². The highest BCUT2D eigenvalue weighted by Crippen LogP contribution is 2.48. The Morgan fingerprint density at radius 1 is 1.04 bits per heavy atom. The summed E-state index contributed by atoms with van der Waals surface area (Å²) >= 11 is 0. The summed E-state index contributed by atoms with van der Waals surface area (Å²) in [5.74, 6) is 1.92. The van der Waals surface area contributed by atoms with Crippen LogP contribution in [-0.4, -0.2) is 47.5 Å². The maximum Gasteiger partial charge on any atom is 0.327 e. The summed E-state index contributed by atoms with van der Waals surface area (Å²) in [6.07, 6.45) is 4.69. The third kappa shape index (κ3) is 2.82. The fourth-order valence-corrected chi connectivity index (χ4v) is 5.18. The number of ether oxygens (including phenoxy) is 1. The maximum absolute atomic E-state index is 13.0. The van der Waals surface area contributed by atoms with Gasteiger partial charge in [0.25, 0.3) is 0 Å². The molecule has 26 heavy (non-hydrogen) atoms. The van der Waals surface area contributed by atoms with Crippen molar-refractivity contribution in [2.75, 3.05) is 19.8 Å². The maximum atomic E-state index is 13.0. The van der Waals surface area contributed by atoms with Crippen LogP contribution in [0.3, 0.4) is 0 Å². The zero-order chi connectivity index (χ0) is 17.7. The molecule has 5 rings (SSSR count). The summed E-state index contributed by atoms with van der Waals surface area (Å²) in [5, 5.41) is 0. The van der Waals surface area contributed by atoms with Crippen LogP contribution in [0.5, 0.6) is 0 Å². The van der Waals surface area contributed by atoms with Gasteiger partial charge in [0.15, 0.2) is 0 Å². The molecule has 0 aromatic heterocycles. The first-order chi connectivity index (χ1) is 12.7. The molecular formula is C21H26N2O3. The SMILES string of the molecule is O=C1C[C@@H]2Cc3ccccc3CN2C(=O)N1C[C@@H]1C[C@H]1C1CCOCC1. The lowest BCUT2D eigenvalue weighted by Crippen LogP contribution is -2.58. The van der Waals surface area contributed by atoms with Gasteiger partial charge in [0.2, 0.25) is 5.91 Å². The summed E-state index contributed by atoms with van der Waals surface area (Å²) < 4.78 is 5.46. The zero-order valence-corrected chi connectivity index (χ0v) is 15.1. The number of amides is 3. The Balaban J connectivity index is 1.27. The number of carbonyl (C=O) groups is 2. The second kappa shape index (κ2) is 6.38. The Kier molecular flexibility index (Phi) is 4.00. The quantitative estimate of drug-likeness (QED) is 0.839.